The predicted octanol–water partition coefficient (Wildman–Crippen LogP) is 8.37. The molecule has 178 valence electrons. The molecular weight excluding hydrogens is 488 g/mol. The fraction of sp³-hybridized carbons (Fsp3) is 0.107. The summed E-state index contributed by atoms with van der Waals surface area (Å²) in [4.78, 5) is 13.8. The number of amides is 1. The first-order chi connectivity index (χ1) is 16.9. The molecule has 4 aromatic carbocycles. The van der Waals surface area contributed by atoms with Gasteiger partial charge in [-0.15, -0.1) is 11.8 Å². The van der Waals surface area contributed by atoms with Crippen LogP contribution in [0.1, 0.15) is 12.5 Å². The van der Waals surface area contributed by atoms with E-state index in [1.165, 1.54) is 30.3 Å². The second kappa shape index (κ2) is 11.4. The van der Waals surface area contributed by atoms with E-state index >= 15 is 0 Å². The van der Waals surface area contributed by atoms with E-state index in [1.54, 1.807) is 42.1 Å². The summed E-state index contributed by atoms with van der Waals surface area (Å²) in [5.74, 6) is 0.514. The number of ether oxygens (including phenoxy) is 1. The average Bonchev–Trinajstić information content (AvgIpc) is 2.83. The molecule has 35 heavy (non-hydrogen) atoms. The first-order valence-electron chi connectivity index (χ1n) is 11.0. The molecule has 0 fully saturated rings. The summed E-state index contributed by atoms with van der Waals surface area (Å²) in [6.45, 7) is 2.09. The van der Waals surface area contributed by atoms with E-state index in [4.69, 9.17) is 16.3 Å². The van der Waals surface area contributed by atoms with Crippen molar-refractivity contribution in [2.24, 2.45) is 0 Å². The smallest absolute Gasteiger partial charge is 0.228 e. The van der Waals surface area contributed by atoms with Crippen LogP contribution in [0.15, 0.2) is 89.8 Å². The van der Waals surface area contributed by atoms with Gasteiger partial charge in [0, 0.05) is 28.3 Å². The van der Waals surface area contributed by atoms with E-state index in [-0.39, 0.29) is 23.2 Å². The maximum atomic E-state index is 13.9. The Balaban J connectivity index is 1.58. The van der Waals surface area contributed by atoms with Crippen LogP contribution >= 0.6 is 23.4 Å². The highest BCUT2D eigenvalue weighted by molar-refractivity contribution is 7.99. The SMILES string of the molecule is CCSc1ccc(CC(=O)Nc2ccc(-c3cccc(F)c3)c(Oc3ccc(F)c(Cl)c3)c2)cc1. The fourth-order valence-corrected chi connectivity index (χ4v) is 4.34. The third-order valence-corrected chi connectivity index (χ3v) is 6.30. The predicted molar refractivity (Wildman–Crippen MR) is 138 cm³/mol. The van der Waals surface area contributed by atoms with Crippen molar-refractivity contribution in [3.8, 4) is 22.6 Å². The molecule has 0 saturated heterocycles. The van der Waals surface area contributed by atoms with Crippen molar-refractivity contribution in [2.45, 2.75) is 18.2 Å². The summed E-state index contributed by atoms with van der Waals surface area (Å²) in [5.41, 5.74) is 2.61. The molecule has 3 nitrogen and oxygen atoms in total. The molecule has 4 rings (SSSR count). The molecule has 0 heterocycles. The lowest BCUT2D eigenvalue weighted by atomic mass is 10.0. The van der Waals surface area contributed by atoms with E-state index in [1.807, 2.05) is 24.3 Å². The van der Waals surface area contributed by atoms with Crippen LogP contribution in [0.2, 0.25) is 5.02 Å². The topological polar surface area (TPSA) is 38.3 Å². The minimum Gasteiger partial charge on any atom is -0.457 e. The zero-order valence-electron chi connectivity index (χ0n) is 18.9. The van der Waals surface area contributed by atoms with Gasteiger partial charge in [-0.3, -0.25) is 4.79 Å². The van der Waals surface area contributed by atoms with Crippen molar-refractivity contribution in [1.29, 1.82) is 0 Å². The van der Waals surface area contributed by atoms with Gasteiger partial charge in [-0.05, 0) is 65.4 Å². The molecule has 0 spiro atoms. The van der Waals surface area contributed by atoms with E-state index < -0.39 is 5.82 Å². The quantitative estimate of drug-likeness (QED) is 0.242. The highest BCUT2D eigenvalue weighted by atomic mass is 35.5. The van der Waals surface area contributed by atoms with E-state index in [9.17, 15) is 13.6 Å². The van der Waals surface area contributed by atoms with Gasteiger partial charge in [-0.25, -0.2) is 8.78 Å². The fourth-order valence-electron chi connectivity index (χ4n) is 3.51. The molecule has 1 amide bonds. The van der Waals surface area contributed by atoms with Crippen LogP contribution in [0.3, 0.4) is 0 Å². The summed E-state index contributed by atoms with van der Waals surface area (Å²) in [6.07, 6.45) is 0.215. The minimum atomic E-state index is -0.563. The van der Waals surface area contributed by atoms with Crippen LogP contribution < -0.4 is 10.1 Å². The lowest BCUT2D eigenvalue weighted by Crippen LogP contribution is -2.14. The summed E-state index contributed by atoms with van der Waals surface area (Å²) < 4.78 is 33.5. The summed E-state index contributed by atoms with van der Waals surface area (Å²) in [7, 11) is 0. The molecule has 0 saturated carbocycles. The van der Waals surface area contributed by atoms with Gasteiger partial charge in [0.15, 0.2) is 0 Å². The van der Waals surface area contributed by atoms with Gasteiger partial charge in [-0.1, -0.05) is 42.8 Å². The third-order valence-electron chi connectivity index (χ3n) is 5.12. The van der Waals surface area contributed by atoms with E-state index in [0.29, 0.717) is 28.3 Å². The average molecular weight is 510 g/mol. The molecule has 0 atom stereocenters. The van der Waals surface area contributed by atoms with Crippen LogP contribution in [-0.2, 0) is 11.2 Å². The molecule has 0 aliphatic heterocycles. The zero-order chi connectivity index (χ0) is 24.8. The molecule has 0 aliphatic carbocycles. The Labute approximate surface area is 212 Å². The number of hydrogen-bond donors (Lipinski definition) is 1. The van der Waals surface area contributed by atoms with Gasteiger partial charge >= 0.3 is 0 Å². The first kappa shape index (κ1) is 24.8. The Morgan fingerprint density at radius 2 is 1.77 bits per heavy atom. The number of carbonyl (C=O) groups excluding carboxylic acids is 1. The van der Waals surface area contributed by atoms with Crippen molar-refractivity contribution in [3.05, 3.63) is 107 Å². The largest absolute Gasteiger partial charge is 0.457 e. The van der Waals surface area contributed by atoms with Crippen molar-refractivity contribution in [3.63, 3.8) is 0 Å². The molecule has 0 unspecified atom stereocenters. The maximum Gasteiger partial charge on any atom is 0.228 e. The molecule has 0 aliphatic rings. The normalized spacial score (nSPS) is 10.7. The van der Waals surface area contributed by atoms with Gasteiger partial charge in [-0.2, -0.15) is 0 Å². The number of thioether (sulfide) groups is 1. The first-order valence-corrected chi connectivity index (χ1v) is 12.3. The van der Waals surface area contributed by atoms with Crippen molar-refractivity contribution >= 4 is 35.0 Å². The summed E-state index contributed by atoms with van der Waals surface area (Å²) >= 11 is 7.64. The Morgan fingerprint density at radius 1 is 0.971 bits per heavy atom. The van der Waals surface area contributed by atoms with Crippen LogP contribution in [-0.4, -0.2) is 11.7 Å². The third kappa shape index (κ3) is 6.62. The van der Waals surface area contributed by atoms with Crippen LogP contribution in [0, 0.1) is 11.6 Å². The van der Waals surface area contributed by atoms with Gasteiger partial charge in [0.05, 0.1) is 11.4 Å². The number of carbonyl (C=O) groups is 1. The van der Waals surface area contributed by atoms with Gasteiger partial charge in [0.2, 0.25) is 5.91 Å². The molecule has 4 aromatic rings. The monoisotopic (exact) mass is 509 g/mol. The lowest BCUT2D eigenvalue weighted by Gasteiger charge is -2.15. The van der Waals surface area contributed by atoms with Crippen LogP contribution in [0.5, 0.6) is 11.5 Å². The number of anilines is 1. The Kier molecular flexibility index (Phi) is 8.06. The number of halogens is 3. The van der Waals surface area contributed by atoms with Crippen LogP contribution in [0.25, 0.3) is 11.1 Å². The molecule has 1 N–H and O–H groups in total. The van der Waals surface area contributed by atoms with E-state index in [2.05, 4.69) is 12.2 Å². The van der Waals surface area contributed by atoms with Gasteiger partial charge < -0.3 is 10.1 Å². The second-order valence-corrected chi connectivity index (χ2v) is 9.45. The van der Waals surface area contributed by atoms with E-state index in [0.717, 1.165) is 16.2 Å². The van der Waals surface area contributed by atoms with Gasteiger partial charge in [0.25, 0.3) is 0 Å². The summed E-state index contributed by atoms with van der Waals surface area (Å²) in [5, 5.41) is 2.80. The Morgan fingerprint density at radius 3 is 2.49 bits per heavy atom. The Hall–Kier alpha value is -3.35. The molecule has 0 radical (unpaired) electrons. The standard InChI is InChI=1S/C28H22ClF2NO2S/c1-2-35-23-10-6-18(7-11-23)14-28(33)32-21-8-12-24(19-4-3-5-20(30)15-19)27(16-21)34-22-9-13-26(31)25(29)17-22/h3-13,15-17H,2,14H2,1H3,(H,32,33). The molecular formula is C28H22ClF2NO2S. The molecule has 0 aromatic heterocycles. The molecule has 7 heteroatoms. The number of rotatable bonds is 8. The number of hydrogen-bond acceptors (Lipinski definition) is 3. The minimum absolute atomic E-state index is 0.0809. The highest BCUT2D eigenvalue weighted by Crippen LogP contribution is 2.37. The number of nitrogens with one attached hydrogen (secondary N) is 1. The Bertz CT molecular complexity index is 1350. The van der Waals surface area contributed by atoms with Crippen molar-refractivity contribution < 1.29 is 18.3 Å². The summed E-state index contributed by atoms with van der Waals surface area (Å²) in [6, 6.07) is 23.1. The highest BCUT2D eigenvalue weighted by Gasteiger charge is 2.13. The second-order valence-electron chi connectivity index (χ2n) is 7.70. The zero-order valence-corrected chi connectivity index (χ0v) is 20.4. The lowest BCUT2D eigenvalue weighted by molar-refractivity contribution is -0.115. The number of benzene rings is 4. The van der Waals surface area contributed by atoms with Crippen molar-refractivity contribution in [1.82, 2.24) is 0 Å². The van der Waals surface area contributed by atoms with Crippen molar-refractivity contribution in [2.75, 3.05) is 11.1 Å². The molecule has 0 bridgehead atoms. The maximum absolute atomic E-state index is 13.9. The van der Waals surface area contributed by atoms with Gasteiger partial charge in [0.1, 0.15) is 23.1 Å². The van der Waals surface area contributed by atoms with Crippen LogP contribution in [0.4, 0.5) is 14.5 Å².